The maximum absolute atomic E-state index is 13.0. The van der Waals surface area contributed by atoms with Gasteiger partial charge < -0.3 is 10.1 Å². The van der Waals surface area contributed by atoms with E-state index in [0.29, 0.717) is 19.7 Å². The van der Waals surface area contributed by atoms with E-state index in [4.69, 9.17) is 4.74 Å². The Morgan fingerprint density at radius 3 is 3.05 bits per heavy atom. The van der Waals surface area contributed by atoms with Gasteiger partial charge in [-0.05, 0) is 33.2 Å². The molecule has 21 heavy (non-hydrogen) atoms. The second-order valence-electron chi connectivity index (χ2n) is 5.69. The van der Waals surface area contributed by atoms with Crippen LogP contribution in [0.2, 0.25) is 0 Å². The largest absolute Gasteiger partial charge is 0.375 e. The minimum absolute atomic E-state index is 0.0387. The Kier molecular flexibility index (Phi) is 4.04. The fourth-order valence-electron chi connectivity index (χ4n) is 3.33. The van der Waals surface area contributed by atoms with Crippen molar-refractivity contribution in [2.75, 3.05) is 20.2 Å². The average molecular weight is 314 g/mol. The number of rotatable bonds is 4. The minimum Gasteiger partial charge on any atom is -0.375 e. The third-order valence-electron chi connectivity index (χ3n) is 4.37. The van der Waals surface area contributed by atoms with Crippen molar-refractivity contribution < 1.29 is 13.2 Å². The van der Waals surface area contributed by atoms with Gasteiger partial charge in [-0.1, -0.05) is 0 Å². The van der Waals surface area contributed by atoms with Crippen LogP contribution in [0.15, 0.2) is 5.03 Å². The van der Waals surface area contributed by atoms with Crippen molar-refractivity contribution in [1.29, 1.82) is 0 Å². The Hall–Kier alpha value is -0.960. The number of morpholine rings is 1. The van der Waals surface area contributed by atoms with E-state index in [1.165, 1.54) is 0 Å². The molecular weight excluding hydrogens is 292 g/mol. The van der Waals surface area contributed by atoms with Crippen molar-refractivity contribution in [3.63, 3.8) is 0 Å². The number of hydrogen-bond acceptors (Lipinski definition) is 5. The fraction of sp³-hybridized carbons (Fsp3) is 0.769. The predicted octanol–water partition coefficient (Wildman–Crippen LogP) is 0.380. The summed E-state index contributed by atoms with van der Waals surface area (Å²) in [6.45, 7) is 3.20. The first-order chi connectivity index (χ1) is 10.1. The molecule has 0 bridgehead atoms. The Labute approximate surface area is 125 Å². The van der Waals surface area contributed by atoms with Crippen LogP contribution >= 0.6 is 0 Å². The van der Waals surface area contributed by atoms with Gasteiger partial charge >= 0.3 is 0 Å². The van der Waals surface area contributed by atoms with Gasteiger partial charge in [0.2, 0.25) is 0 Å². The zero-order valence-corrected chi connectivity index (χ0v) is 13.2. The lowest BCUT2D eigenvalue weighted by molar-refractivity contribution is -0.0242. The van der Waals surface area contributed by atoms with Crippen molar-refractivity contribution in [3.8, 4) is 0 Å². The summed E-state index contributed by atoms with van der Waals surface area (Å²) in [5, 5.41) is 10.0. The maximum atomic E-state index is 13.0. The molecule has 1 aromatic heterocycles. The highest BCUT2D eigenvalue weighted by molar-refractivity contribution is 7.89. The Bertz CT molecular complexity index is 613. The van der Waals surface area contributed by atoms with Crippen LogP contribution in [0.4, 0.5) is 0 Å². The molecule has 1 aliphatic heterocycles. The first-order valence-electron chi connectivity index (χ1n) is 7.37. The molecular formula is C13H22N4O3S. The molecule has 1 aliphatic carbocycles. The number of nitrogens with zero attached hydrogens (tertiary/aromatic N) is 2. The van der Waals surface area contributed by atoms with E-state index >= 15 is 0 Å². The number of nitrogens with one attached hydrogen (secondary N) is 2. The molecule has 0 spiro atoms. The molecule has 118 valence electrons. The van der Waals surface area contributed by atoms with Gasteiger partial charge in [-0.25, -0.2) is 8.42 Å². The van der Waals surface area contributed by atoms with Gasteiger partial charge in [-0.3, -0.25) is 5.10 Å². The number of H-pyrrole nitrogens is 1. The van der Waals surface area contributed by atoms with Gasteiger partial charge in [0, 0.05) is 24.3 Å². The molecule has 3 rings (SSSR count). The third-order valence-corrected chi connectivity index (χ3v) is 6.27. The molecule has 2 aliphatic rings. The molecule has 2 heterocycles. The number of aromatic amines is 1. The van der Waals surface area contributed by atoms with Crippen molar-refractivity contribution >= 4 is 10.0 Å². The standard InChI is InChI=1S/C13H22N4O3S/c1-9-10(8-14-2)13(16-15-9)21(18,19)17-6-7-20-12-5-3-4-11(12)17/h11-12,14H,3-8H2,1-2H3,(H,15,16). The van der Waals surface area contributed by atoms with E-state index in [9.17, 15) is 8.42 Å². The highest BCUT2D eigenvalue weighted by atomic mass is 32.2. The molecule has 1 aromatic rings. The molecule has 1 saturated heterocycles. The molecule has 2 N–H and O–H groups in total. The van der Waals surface area contributed by atoms with E-state index in [2.05, 4.69) is 15.5 Å². The Morgan fingerprint density at radius 2 is 2.29 bits per heavy atom. The lowest BCUT2D eigenvalue weighted by Crippen LogP contribution is -2.51. The zero-order chi connectivity index (χ0) is 15.0. The second-order valence-corrected chi connectivity index (χ2v) is 7.49. The van der Waals surface area contributed by atoms with Crippen molar-refractivity contribution in [2.24, 2.45) is 0 Å². The second kappa shape index (κ2) is 5.68. The third kappa shape index (κ3) is 2.50. The fourth-order valence-corrected chi connectivity index (χ4v) is 5.16. The summed E-state index contributed by atoms with van der Waals surface area (Å²) in [7, 11) is -1.78. The summed E-state index contributed by atoms with van der Waals surface area (Å²) in [6.07, 6.45) is 2.87. The first-order valence-corrected chi connectivity index (χ1v) is 8.81. The monoisotopic (exact) mass is 314 g/mol. The predicted molar refractivity (Wildman–Crippen MR) is 77.4 cm³/mol. The number of hydrogen-bond donors (Lipinski definition) is 2. The van der Waals surface area contributed by atoms with E-state index in [1.807, 2.05) is 6.92 Å². The average Bonchev–Trinajstić information content (AvgIpc) is 3.06. The lowest BCUT2D eigenvalue weighted by Gasteiger charge is -2.36. The summed E-state index contributed by atoms with van der Waals surface area (Å²) >= 11 is 0. The number of fused-ring (bicyclic) bond motifs is 1. The molecule has 1 saturated carbocycles. The molecule has 2 atom stereocenters. The smallest absolute Gasteiger partial charge is 0.263 e. The topological polar surface area (TPSA) is 87.3 Å². The number of aryl methyl sites for hydroxylation is 1. The van der Waals surface area contributed by atoms with Gasteiger partial charge in [-0.15, -0.1) is 0 Å². The van der Waals surface area contributed by atoms with Gasteiger partial charge in [0.25, 0.3) is 10.0 Å². The van der Waals surface area contributed by atoms with E-state index in [-0.39, 0.29) is 17.2 Å². The SMILES string of the molecule is CNCc1c(S(=O)(=O)N2CCOC3CCCC32)n[nH]c1C. The number of ether oxygens (including phenoxy) is 1. The summed E-state index contributed by atoms with van der Waals surface area (Å²) in [4.78, 5) is 0. The minimum atomic E-state index is -3.58. The quantitative estimate of drug-likeness (QED) is 0.839. The highest BCUT2D eigenvalue weighted by Gasteiger charge is 2.43. The summed E-state index contributed by atoms with van der Waals surface area (Å²) < 4.78 is 33.3. The molecule has 0 radical (unpaired) electrons. The number of aromatic nitrogens is 2. The normalized spacial score (nSPS) is 27.0. The molecule has 2 unspecified atom stereocenters. The molecule has 2 fully saturated rings. The van der Waals surface area contributed by atoms with Gasteiger partial charge in [0.1, 0.15) is 0 Å². The summed E-state index contributed by atoms with van der Waals surface area (Å²) in [5.74, 6) is 0. The molecule has 0 aromatic carbocycles. The van der Waals surface area contributed by atoms with Crippen LogP contribution in [0.1, 0.15) is 30.5 Å². The van der Waals surface area contributed by atoms with Crippen LogP contribution in [0.25, 0.3) is 0 Å². The Balaban J connectivity index is 1.96. The van der Waals surface area contributed by atoms with Crippen LogP contribution in [-0.2, 0) is 21.3 Å². The van der Waals surface area contributed by atoms with Crippen molar-refractivity contribution in [1.82, 2.24) is 19.8 Å². The molecule has 0 amide bonds. The van der Waals surface area contributed by atoms with Crippen molar-refractivity contribution in [3.05, 3.63) is 11.3 Å². The van der Waals surface area contributed by atoms with Crippen LogP contribution < -0.4 is 5.32 Å². The van der Waals surface area contributed by atoms with Crippen LogP contribution in [-0.4, -0.2) is 55.3 Å². The van der Waals surface area contributed by atoms with Gasteiger partial charge in [0.05, 0.1) is 18.8 Å². The van der Waals surface area contributed by atoms with E-state index < -0.39 is 10.0 Å². The van der Waals surface area contributed by atoms with E-state index in [0.717, 1.165) is 30.5 Å². The first kappa shape index (κ1) is 15.0. The van der Waals surface area contributed by atoms with Crippen molar-refractivity contribution in [2.45, 2.75) is 49.9 Å². The van der Waals surface area contributed by atoms with Crippen LogP contribution in [0.5, 0.6) is 0 Å². The van der Waals surface area contributed by atoms with Crippen LogP contribution in [0, 0.1) is 6.92 Å². The zero-order valence-electron chi connectivity index (χ0n) is 12.4. The van der Waals surface area contributed by atoms with E-state index in [1.54, 1.807) is 11.4 Å². The van der Waals surface area contributed by atoms with Crippen LogP contribution in [0.3, 0.4) is 0 Å². The van der Waals surface area contributed by atoms with Gasteiger partial charge in [0.15, 0.2) is 5.03 Å². The summed E-state index contributed by atoms with van der Waals surface area (Å²) in [5.41, 5.74) is 1.51. The summed E-state index contributed by atoms with van der Waals surface area (Å²) in [6, 6.07) is -0.0387. The van der Waals surface area contributed by atoms with Gasteiger partial charge in [-0.2, -0.15) is 9.40 Å². The highest BCUT2D eigenvalue weighted by Crippen LogP contribution is 2.33. The number of sulfonamides is 1. The molecule has 8 heteroatoms. The molecule has 7 nitrogen and oxygen atoms in total. The Morgan fingerprint density at radius 1 is 1.48 bits per heavy atom. The maximum Gasteiger partial charge on any atom is 0.263 e. The lowest BCUT2D eigenvalue weighted by atomic mass is 10.2.